The van der Waals surface area contributed by atoms with Crippen LogP contribution >= 0.6 is 0 Å². The Bertz CT molecular complexity index is 270. The van der Waals surface area contributed by atoms with Crippen LogP contribution in [-0.4, -0.2) is 33.5 Å². The van der Waals surface area contributed by atoms with Crippen LogP contribution in [0.25, 0.3) is 0 Å². The van der Waals surface area contributed by atoms with Gasteiger partial charge in [-0.05, 0) is 43.7 Å². The summed E-state index contributed by atoms with van der Waals surface area (Å²) < 4.78 is 22.4. The lowest BCUT2D eigenvalue weighted by molar-refractivity contribution is 0.269. The van der Waals surface area contributed by atoms with Gasteiger partial charge in [0.25, 0.3) is 0 Å². The normalized spacial score (nSPS) is 39.3. The fourth-order valence-corrected chi connectivity index (χ4v) is 4.07. The van der Waals surface area contributed by atoms with Crippen molar-refractivity contribution in [3.63, 3.8) is 0 Å². The zero-order valence-corrected chi connectivity index (χ0v) is 8.81. The summed E-state index contributed by atoms with van der Waals surface area (Å²) in [7, 11) is -2.78. The average molecular weight is 203 g/mol. The molecule has 1 heterocycles. The maximum absolute atomic E-state index is 11.2. The molecule has 13 heavy (non-hydrogen) atoms. The van der Waals surface area contributed by atoms with E-state index in [9.17, 15) is 8.42 Å². The van der Waals surface area contributed by atoms with Crippen LogP contribution in [0, 0.1) is 17.8 Å². The van der Waals surface area contributed by atoms with E-state index in [1.54, 1.807) is 0 Å². The average Bonchev–Trinajstić information content (AvgIpc) is 2.29. The van der Waals surface area contributed by atoms with Crippen molar-refractivity contribution in [2.75, 3.05) is 25.1 Å². The van der Waals surface area contributed by atoms with Crippen molar-refractivity contribution in [3.8, 4) is 0 Å². The maximum Gasteiger partial charge on any atom is 0.147 e. The minimum Gasteiger partial charge on any atom is -0.316 e. The van der Waals surface area contributed by atoms with Gasteiger partial charge in [0.1, 0.15) is 9.84 Å². The van der Waals surface area contributed by atoms with Gasteiger partial charge in [0, 0.05) is 6.26 Å². The molecule has 2 unspecified atom stereocenters. The molecule has 2 bridgehead atoms. The number of hydrogen-bond acceptors (Lipinski definition) is 3. The third-order valence-electron chi connectivity index (χ3n) is 3.43. The summed E-state index contributed by atoms with van der Waals surface area (Å²) in [5.41, 5.74) is 0. The summed E-state index contributed by atoms with van der Waals surface area (Å²) >= 11 is 0. The van der Waals surface area contributed by atoms with Gasteiger partial charge in [0.05, 0.1) is 5.75 Å². The summed E-state index contributed by atoms with van der Waals surface area (Å²) in [6, 6.07) is 0. The Hall–Kier alpha value is -0.0900. The number of nitrogens with one attached hydrogen (secondary N) is 1. The van der Waals surface area contributed by atoms with Gasteiger partial charge in [0.15, 0.2) is 0 Å². The van der Waals surface area contributed by atoms with Crippen LogP contribution < -0.4 is 5.32 Å². The molecule has 2 rings (SSSR count). The first kappa shape index (κ1) is 9.46. The van der Waals surface area contributed by atoms with Gasteiger partial charge in [-0.3, -0.25) is 0 Å². The smallest absolute Gasteiger partial charge is 0.147 e. The van der Waals surface area contributed by atoms with Gasteiger partial charge in [-0.2, -0.15) is 0 Å². The van der Waals surface area contributed by atoms with Crippen LogP contribution in [0.1, 0.15) is 12.8 Å². The zero-order chi connectivity index (χ0) is 9.47. The number of fused-ring (bicyclic) bond motifs is 2. The van der Waals surface area contributed by atoms with E-state index in [0.717, 1.165) is 13.1 Å². The molecule has 0 aromatic rings. The van der Waals surface area contributed by atoms with Gasteiger partial charge in [-0.15, -0.1) is 0 Å². The van der Waals surface area contributed by atoms with Crippen molar-refractivity contribution < 1.29 is 8.42 Å². The summed E-state index contributed by atoms with van der Waals surface area (Å²) in [5, 5.41) is 3.37. The van der Waals surface area contributed by atoms with E-state index in [1.807, 2.05) is 0 Å². The predicted molar refractivity (Wildman–Crippen MR) is 52.3 cm³/mol. The molecule has 4 heteroatoms. The van der Waals surface area contributed by atoms with Crippen molar-refractivity contribution in [1.82, 2.24) is 5.32 Å². The largest absolute Gasteiger partial charge is 0.316 e. The topological polar surface area (TPSA) is 46.2 Å². The lowest BCUT2D eigenvalue weighted by atomic mass is 9.88. The first-order valence-electron chi connectivity index (χ1n) is 4.95. The maximum atomic E-state index is 11.2. The molecular formula is C9H17NO2S. The van der Waals surface area contributed by atoms with E-state index >= 15 is 0 Å². The van der Waals surface area contributed by atoms with E-state index in [0.29, 0.717) is 23.5 Å². The summed E-state index contributed by atoms with van der Waals surface area (Å²) in [4.78, 5) is 0. The summed E-state index contributed by atoms with van der Waals surface area (Å²) in [5.74, 6) is 2.09. The third kappa shape index (κ3) is 2.05. The van der Waals surface area contributed by atoms with Gasteiger partial charge in [-0.1, -0.05) is 0 Å². The number of sulfone groups is 1. The lowest BCUT2D eigenvalue weighted by Gasteiger charge is -2.30. The molecule has 1 aliphatic carbocycles. The van der Waals surface area contributed by atoms with Crippen molar-refractivity contribution in [3.05, 3.63) is 0 Å². The first-order chi connectivity index (χ1) is 6.06. The quantitative estimate of drug-likeness (QED) is 0.701. The minimum atomic E-state index is -2.78. The molecule has 1 N–H and O–H groups in total. The molecule has 76 valence electrons. The number of piperidine rings is 1. The minimum absolute atomic E-state index is 0.407. The molecule has 1 aliphatic heterocycles. The zero-order valence-electron chi connectivity index (χ0n) is 7.99. The molecule has 3 nitrogen and oxygen atoms in total. The Balaban J connectivity index is 2.07. The summed E-state index contributed by atoms with van der Waals surface area (Å²) in [6.45, 7) is 2.05. The van der Waals surface area contributed by atoms with Crippen molar-refractivity contribution in [2.45, 2.75) is 12.8 Å². The van der Waals surface area contributed by atoms with Gasteiger partial charge < -0.3 is 5.32 Å². The van der Waals surface area contributed by atoms with Crippen LogP contribution in [0.5, 0.6) is 0 Å². The Morgan fingerprint density at radius 1 is 1.23 bits per heavy atom. The Kier molecular flexibility index (Phi) is 2.36. The molecule has 0 aromatic heterocycles. The van der Waals surface area contributed by atoms with Crippen molar-refractivity contribution in [1.29, 1.82) is 0 Å². The van der Waals surface area contributed by atoms with Crippen LogP contribution in [0.2, 0.25) is 0 Å². The Labute approximate surface area is 79.8 Å². The van der Waals surface area contributed by atoms with Crippen molar-refractivity contribution in [2.24, 2.45) is 17.8 Å². The molecule has 2 aliphatic rings. The Morgan fingerprint density at radius 2 is 1.77 bits per heavy atom. The highest BCUT2D eigenvalue weighted by molar-refractivity contribution is 7.90. The molecule has 2 atom stereocenters. The third-order valence-corrected chi connectivity index (χ3v) is 4.42. The predicted octanol–water partition coefficient (Wildman–Crippen LogP) is 0.277. The number of rotatable bonds is 2. The van der Waals surface area contributed by atoms with E-state index in [1.165, 1.54) is 19.1 Å². The first-order valence-corrected chi connectivity index (χ1v) is 7.01. The standard InChI is InChI=1S/C9H17NO2S/c1-13(11,12)6-9-7-2-3-8(9)5-10-4-7/h7-10H,2-6H2,1H3. The van der Waals surface area contributed by atoms with Crippen LogP contribution in [0.3, 0.4) is 0 Å². The molecule has 0 radical (unpaired) electrons. The van der Waals surface area contributed by atoms with Gasteiger partial charge in [-0.25, -0.2) is 8.42 Å². The Morgan fingerprint density at radius 3 is 2.23 bits per heavy atom. The second kappa shape index (κ2) is 3.24. The molecule has 0 aromatic carbocycles. The van der Waals surface area contributed by atoms with Crippen molar-refractivity contribution >= 4 is 9.84 Å². The van der Waals surface area contributed by atoms with Gasteiger partial charge in [0.2, 0.25) is 0 Å². The highest BCUT2D eigenvalue weighted by Crippen LogP contribution is 2.39. The molecule has 0 amide bonds. The second-order valence-electron chi connectivity index (χ2n) is 4.51. The van der Waals surface area contributed by atoms with E-state index < -0.39 is 9.84 Å². The van der Waals surface area contributed by atoms with Crippen LogP contribution in [0.4, 0.5) is 0 Å². The fourth-order valence-electron chi connectivity index (χ4n) is 2.82. The highest BCUT2D eigenvalue weighted by atomic mass is 32.2. The highest BCUT2D eigenvalue weighted by Gasteiger charge is 2.40. The molecular weight excluding hydrogens is 186 g/mol. The van der Waals surface area contributed by atoms with Crippen LogP contribution in [-0.2, 0) is 9.84 Å². The van der Waals surface area contributed by atoms with E-state index in [4.69, 9.17) is 0 Å². The molecule has 0 spiro atoms. The van der Waals surface area contributed by atoms with Gasteiger partial charge >= 0.3 is 0 Å². The fraction of sp³-hybridized carbons (Fsp3) is 1.00. The molecule has 1 saturated carbocycles. The molecule has 2 fully saturated rings. The van der Waals surface area contributed by atoms with E-state index in [2.05, 4.69) is 5.32 Å². The van der Waals surface area contributed by atoms with Crippen LogP contribution in [0.15, 0.2) is 0 Å². The SMILES string of the molecule is CS(=O)(=O)CC1C2CCC1CNC2. The second-order valence-corrected chi connectivity index (χ2v) is 6.70. The molecule has 1 saturated heterocycles. The number of hydrogen-bond donors (Lipinski definition) is 1. The van der Waals surface area contributed by atoms with E-state index in [-0.39, 0.29) is 0 Å². The summed E-state index contributed by atoms with van der Waals surface area (Å²) in [6.07, 6.45) is 3.80. The lowest BCUT2D eigenvalue weighted by Crippen LogP contribution is -2.40. The monoisotopic (exact) mass is 203 g/mol.